The van der Waals surface area contributed by atoms with Gasteiger partial charge in [0.15, 0.2) is 22.7 Å². The zero-order valence-electron chi connectivity index (χ0n) is 24.1. The minimum atomic E-state index is -0.943. The van der Waals surface area contributed by atoms with Gasteiger partial charge < -0.3 is 37.9 Å². The van der Waals surface area contributed by atoms with Crippen molar-refractivity contribution < 1.29 is 47.5 Å². The van der Waals surface area contributed by atoms with Gasteiger partial charge in [-0.2, -0.15) is 0 Å². The first kappa shape index (κ1) is 28.3. The Labute approximate surface area is 237 Å². The van der Waals surface area contributed by atoms with Gasteiger partial charge in [0.05, 0.1) is 67.7 Å². The first-order chi connectivity index (χ1) is 20.2. The molecular formula is C30H26O12. The highest BCUT2D eigenvalue weighted by molar-refractivity contribution is 6.41. The van der Waals surface area contributed by atoms with E-state index in [0.29, 0.717) is 10.8 Å². The number of rotatable bonds is 8. The number of esters is 2. The number of hydrogen-bond donors (Lipinski definition) is 0. The topological polar surface area (TPSA) is 142 Å². The van der Waals surface area contributed by atoms with Crippen LogP contribution in [0.4, 0.5) is 0 Å². The van der Waals surface area contributed by atoms with E-state index in [2.05, 4.69) is 0 Å². The molecule has 218 valence electrons. The van der Waals surface area contributed by atoms with Crippen LogP contribution in [0.5, 0.6) is 34.5 Å². The predicted octanol–water partition coefficient (Wildman–Crippen LogP) is 3.52. The van der Waals surface area contributed by atoms with Crippen LogP contribution in [0.15, 0.2) is 21.7 Å². The number of ether oxygens (including phenoxy) is 8. The van der Waals surface area contributed by atoms with E-state index >= 15 is 0 Å². The van der Waals surface area contributed by atoms with Crippen molar-refractivity contribution in [3.63, 3.8) is 0 Å². The molecular weight excluding hydrogens is 552 g/mol. The van der Waals surface area contributed by atoms with Gasteiger partial charge >= 0.3 is 11.9 Å². The van der Waals surface area contributed by atoms with Crippen LogP contribution in [-0.2, 0) is 9.47 Å². The molecule has 0 aromatic heterocycles. The lowest BCUT2D eigenvalue weighted by Crippen LogP contribution is -2.18. The second-order valence-corrected chi connectivity index (χ2v) is 9.02. The van der Waals surface area contributed by atoms with Gasteiger partial charge in [0.1, 0.15) is 28.4 Å². The molecule has 42 heavy (non-hydrogen) atoms. The maximum atomic E-state index is 14.0. The molecule has 5 aromatic carbocycles. The lowest BCUT2D eigenvalue weighted by molar-refractivity contribution is 0.0588. The zero-order valence-corrected chi connectivity index (χ0v) is 24.1. The van der Waals surface area contributed by atoms with E-state index in [1.807, 2.05) is 0 Å². The summed E-state index contributed by atoms with van der Waals surface area (Å²) < 4.78 is 44.1. The molecule has 0 spiro atoms. The van der Waals surface area contributed by atoms with Crippen LogP contribution in [0.2, 0.25) is 0 Å². The summed E-state index contributed by atoms with van der Waals surface area (Å²) in [6.45, 7) is 0. The second-order valence-electron chi connectivity index (χ2n) is 9.02. The maximum Gasteiger partial charge on any atom is 0.342 e. The van der Waals surface area contributed by atoms with Crippen molar-refractivity contribution >= 4 is 55.0 Å². The third kappa shape index (κ3) is 3.47. The molecule has 0 bridgehead atoms. The number of carbonyl (C=O) groups excluding carboxylic acids is 2. The summed E-state index contributed by atoms with van der Waals surface area (Å²) in [5, 5.41) is 1.03. The van der Waals surface area contributed by atoms with Crippen molar-refractivity contribution in [2.45, 2.75) is 0 Å². The summed E-state index contributed by atoms with van der Waals surface area (Å²) in [6.07, 6.45) is 0. The fraction of sp³-hybridized carbons (Fsp3) is 0.267. The van der Waals surface area contributed by atoms with Crippen molar-refractivity contribution in [2.24, 2.45) is 0 Å². The lowest BCUT2D eigenvalue weighted by atomic mass is 9.83. The molecule has 5 rings (SSSR count). The number of carbonyl (C=O) groups is 2. The van der Waals surface area contributed by atoms with Gasteiger partial charge in [0, 0.05) is 44.5 Å². The molecule has 0 amide bonds. The normalized spacial score (nSPS) is 11.2. The largest absolute Gasteiger partial charge is 0.496 e. The van der Waals surface area contributed by atoms with E-state index in [1.54, 1.807) is 0 Å². The van der Waals surface area contributed by atoms with Gasteiger partial charge in [-0.1, -0.05) is 0 Å². The molecule has 12 heteroatoms. The summed E-state index contributed by atoms with van der Waals surface area (Å²) in [7, 11) is 10.3. The molecule has 0 unspecified atom stereocenters. The van der Waals surface area contributed by atoms with Crippen LogP contribution < -0.4 is 39.3 Å². The molecule has 12 nitrogen and oxygen atoms in total. The molecule has 0 fully saturated rings. The highest BCUT2D eigenvalue weighted by atomic mass is 16.5. The molecule has 5 aromatic rings. The van der Waals surface area contributed by atoms with E-state index in [0.717, 1.165) is 14.2 Å². The average Bonchev–Trinajstić information content (AvgIpc) is 3.01. The molecule has 0 N–H and O–H groups in total. The molecule has 0 radical (unpaired) electrons. The van der Waals surface area contributed by atoms with Gasteiger partial charge in [0.25, 0.3) is 0 Å². The summed E-state index contributed by atoms with van der Waals surface area (Å²) in [5.74, 6) is -1.94. The Morgan fingerprint density at radius 1 is 0.452 bits per heavy atom. The van der Waals surface area contributed by atoms with E-state index in [-0.39, 0.29) is 77.9 Å². The zero-order chi connectivity index (χ0) is 30.6. The van der Waals surface area contributed by atoms with Crippen LogP contribution in [0.25, 0.3) is 43.1 Å². The summed E-state index contributed by atoms with van der Waals surface area (Å²) in [4.78, 5) is 54.8. The van der Waals surface area contributed by atoms with E-state index in [4.69, 9.17) is 37.9 Å². The Morgan fingerprint density at radius 3 is 1.33 bits per heavy atom. The molecule has 0 saturated heterocycles. The first-order valence-corrected chi connectivity index (χ1v) is 12.4. The van der Waals surface area contributed by atoms with Crippen LogP contribution in [0.1, 0.15) is 20.7 Å². The van der Waals surface area contributed by atoms with Crippen LogP contribution in [0, 0.1) is 0 Å². The van der Waals surface area contributed by atoms with Gasteiger partial charge in [0.2, 0.25) is 5.43 Å². The Kier molecular flexibility index (Phi) is 6.93. The van der Waals surface area contributed by atoms with Crippen LogP contribution >= 0.6 is 0 Å². The number of methoxy groups -OCH3 is 8. The highest BCUT2D eigenvalue weighted by Crippen LogP contribution is 2.54. The molecule has 0 aliphatic heterocycles. The van der Waals surface area contributed by atoms with E-state index in [1.165, 1.54) is 54.8 Å². The minimum absolute atomic E-state index is 0.0189. The van der Waals surface area contributed by atoms with Crippen molar-refractivity contribution in [1.82, 2.24) is 0 Å². The number of fused-ring (bicyclic) bond motifs is 2. The average molecular weight is 579 g/mol. The SMILES string of the molecule is COC(=O)c1c(OC)c(OC)c2c(=O)cc(OC)c3c4c(OC)cc(OC)c5c(=O)c(OC)c(C(=O)OC)c(c1c23)c54. The van der Waals surface area contributed by atoms with E-state index < -0.39 is 22.8 Å². The van der Waals surface area contributed by atoms with Crippen molar-refractivity contribution in [3.8, 4) is 34.5 Å². The smallest absolute Gasteiger partial charge is 0.342 e. The Morgan fingerprint density at radius 2 is 0.881 bits per heavy atom. The highest BCUT2D eigenvalue weighted by Gasteiger charge is 2.36. The molecule has 0 saturated carbocycles. The second kappa shape index (κ2) is 10.3. The third-order valence-corrected chi connectivity index (χ3v) is 7.38. The predicted molar refractivity (Wildman–Crippen MR) is 153 cm³/mol. The van der Waals surface area contributed by atoms with Crippen LogP contribution in [-0.4, -0.2) is 68.8 Å². The van der Waals surface area contributed by atoms with Gasteiger partial charge in [-0.25, -0.2) is 9.59 Å². The Bertz CT molecular complexity index is 2020. The third-order valence-electron chi connectivity index (χ3n) is 7.38. The Balaban J connectivity index is 2.46. The summed E-state index contributed by atoms with van der Waals surface area (Å²) in [5.41, 5.74) is -1.69. The number of hydrogen-bond acceptors (Lipinski definition) is 12. The molecule has 0 heterocycles. The minimum Gasteiger partial charge on any atom is -0.496 e. The number of benzene rings is 5. The van der Waals surface area contributed by atoms with Gasteiger partial charge in [-0.05, 0) is 0 Å². The maximum absolute atomic E-state index is 14.0. The van der Waals surface area contributed by atoms with Gasteiger partial charge in [-0.3, -0.25) is 9.59 Å². The van der Waals surface area contributed by atoms with Crippen molar-refractivity contribution in [2.75, 3.05) is 56.9 Å². The standard InChI is InChI=1S/C30H26O12/c1-35-12-9-11(31)15-19-16(12)17-13(36-2)10-14(37-3)18-20(17)22(23(29(33)41-7)26(38-4)25(18)32)21(19)24(30(34)42-8)28(40-6)27(15)39-5/h9-10H,1-8H3. The monoisotopic (exact) mass is 578 g/mol. The molecule has 0 aliphatic rings. The van der Waals surface area contributed by atoms with E-state index in [9.17, 15) is 19.2 Å². The quantitative estimate of drug-likeness (QED) is 0.151. The van der Waals surface area contributed by atoms with Crippen molar-refractivity contribution in [3.05, 3.63) is 43.7 Å². The summed E-state index contributed by atoms with van der Waals surface area (Å²) >= 11 is 0. The molecule has 0 atom stereocenters. The van der Waals surface area contributed by atoms with Crippen molar-refractivity contribution in [1.29, 1.82) is 0 Å². The summed E-state index contributed by atoms with van der Waals surface area (Å²) in [6, 6.07) is 2.76. The van der Waals surface area contributed by atoms with Crippen LogP contribution in [0.3, 0.4) is 0 Å². The fourth-order valence-electron chi connectivity index (χ4n) is 5.81. The van der Waals surface area contributed by atoms with Gasteiger partial charge in [-0.15, -0.1) is 0 Å². The molecule has 0 aliphatic carbocycles. The Hall–Kier alpha value is -5.26. The lowest BCUT2D eigenvalue weighted by Gasteiger charge is -2.24. The fourth-order valence-corrected chi connectivity index (χ4v) is 5.81. The first-order valence-electron chi connectivity index (χ1n) is 12.4.